The Kier molecular flexibility index (Phi) is 6.96. The quantitative estimate of drug-likeness (QED) is 0.739. The van der Waals surface area contributed by atoms with Crippen molar-refractivity contribution >= 4 is 40.5 Å². The highest BCUT2D eigenvalue weighted by atomic mass is 35.5. The summed E-state index contributed by atoms with van der Waals surface area (Å²) in [6.07, 6.45) is 0.954. The first-order chi connectivity index (χ1) is 10.5. The molecular formula is C17H23ClFNO2S. The van der Waals surface area contributed by atoms with Gasteiger partial charge in [-0.05, 0) is 57.1 Å². The number of carbonyl (C=O) groups is 1. The van der Waals surface area contributed by atoms with Gasteiger partial charge in [0.15, 0.2) is 5.05 Å². The number of ether oxygens (including phenoxy) is 1. The normalized spacial score (nSPS) is 12.7. The molecule has 1 N–H and O–H groups in total. The molecule has 0 heterocycles. The molecule has 1 atom stereocenters. The molecule has 6 heteroatoms. The molecule has 1 unspecified atom stereocenters. The molecule has 0 aliphatic carbocycles. The first-order valence-corrected chi connectivity index (χ1v) is 8.32. The van der Waals surface area contributed by atoms with Crippen molar-refractivity contribution in [3.63, 3.8) is 0 Å². The predicted molar refractivity (Wildman–Crippen MR) is 96.6 cm³/mol. The van der Waals surface area contributed by atoms with Gasteiger partial charge in [-0.2, -0.15) is 0 Å². The topological polar surface area (TPSA) is 38.3 Å². The fraction of sp³-hybridized carbons (Fsp3) is 0.529. The summed E-state index contributed by atoms with van der Waals surface area (Å²) < 4.78 is 19.6. The summed E-state index contributed by atoms with van der Waals surface area (Å²) in [4.78, 5) is 11.9. The Morgan fingerprint density at radius 2 is 2.04 bits per heavy atom. The third kappa shape index (κ3) is 6.43. The van der Waals surface area contributed by atoms with Gasteiger partial charge in [-0.3, -0.25) is 4.79 Å². The number of hydrogen-bond acceptors (Lipinski definition) is 3. The van der Waals surface area contributed by atoms with Crippen molar-refractivity contribution < 1.29 is 13.9 Å². The SMILES string of the molecule is CCC(C)C(=O)Nc1cc(CC(=S)OC(C)(C)C)c(Cl)cc1F. The van der Waals surface area contributed by atoms with Gasteiger partial charge in [0.25, 0.3) is 0 Å². The van der Waals surface area contributed by atoms with Crippen molar-refractivity contribution in [2.75, 3.05) is 5.32 Å². The number of carbonyl (C=O) groups excluding carboxylic acids is 1. The summed E-state index contributed by atoms with van der Waals surface area (Å²) in [5, 5.41) is 3.21. The van der Waals surface area contributed by atoms with Crippen LogP contribution in [0.25, 0.3) is 0 Å². The van der Waals surface area contributed by atoms with Crippen LogP contribution in [0.2, 0.25) is 5.02 Å². The molecule has 23 heavy (non-hydrogen) atoms. The zero-order chi connectivity index (χ0) is 17.8. The molecule has 0 radical (unpaired) electrons. The molecule has 3 nitrogen and oxygen atoms in total. The minimum Gasteiger partial charge on any atom is -0.481 e. The fourth-order valence-electron chi connectivity index (χ4n) is 1.80. The molecule has 0 aromatic heterocycles. The first-order valence-electron chi connectivity index (χ1n) is 7.54. The van der Waals surface area contributed by atoms with E-state index in [9.17, 15) is 9.18 Å². The maximum Gasteiger partial charge on any atom is 0.227 e. The molecule has 0 aliphatic heterocycles. The van der Waals surface area contributed by atoms with Crippen LogP contribution in [0.5, 0.6) is 0 Å². The summed E-state index contributed by atoms with van der Waals surface area (Å²) in [7, 11) is 0. The van der Waals surface area contributed by atoms with Crippen LogP contribution in [0.3, 0.4) is 0 Å². The van der Waals surface area contributed by atoms with E-state index in [1.165, 1.54) is 12.1 Å². The molecule has 1 amide bonds. The predicted octanol–water partition coefficient (Wildman–Crippen LogP) is 5.15. The van der Waals surface area contributed by atoms with Crippen molar-refractivity contribution in [1.29, 1.82) is 0 Å². The zero-order valence-corrected chi connectivity index (χ0v) is 15.7. The van der Waals surface area contributed by atoms with E-state index >= 15 is 0 Å². The van der Waals surface area contributed by atoms with Crippen molar-refractivity contribution in [2.45, 2.75) is 53.1 Å². The van der Waals surface area contributed by atoms with E-state index in [1.807, 2.05) is 27.7 Å². The molecule has 1 aromatic carbocycles. The Morgan fingerprint density at radius 1 is 1.43 bits per heavy atom. The van der Waals surface area contributed by atoms with Gasteiger partial charge in [0, 0.05) is 17.4 Å². The number of nitrogens with one attached hydrogen (secondary N) is 1. The number of rotatable bonds is 5. The second-order valence-corrected chi connectivity index (χ2v) is 7.35. The van der Waals surface area contributed by atoms with Crippen LogP contribution in [-0.2, 0) is 16.0 Å². The highest BCUT2D eigenvalue weighted by molar-refractivity contribution is 7.80. The molecule has 0 spiro atoms. The third-order valence-electron chi connectivity index (χ3n) is 3.21. The molecule has 128 valence electrons. The van der Waals surface area contributed by atoms with Crippen LogP contribution in [-0.4, -0.2) is 16.6 Å². The van der Waals surface area contributed by atoms with E-state index in [-0.39, 0.29) is 29.0 Å². The van der Waals surface area contributed by atoms with Gasteiger partial charge in [-0.1, -0.05) is 25.4 Å². The lowest BCUT2D eigenvalue weighted by Gasteiger charge is -2.22. The third-order valence-corrected chi connectivity index (χ3v) is 3.79. The van der Waals surface area contributed by atoms with Crippen LogP contribution in [0, 0.1) is 11.7 Å². The molecule has 0 saturated carbocycles. The van der Waals surface area contributed by atoms with Crippen LogP contribution in [0.15, 0.2) is 12.1 Å². The van der Waals surface area contributed by atoms with Gasteiger partial charge in [0.1, 0.15) is 11.4 Å². The van der Waals surface area contributed by atoms with E-state index in [1.54, 1.807) is 6.92 Å². The van der Waals surface area contributed by atoms with E-state index in [0.29, 0.717) is 17.0 Å². The van der Waals surface area contributed by atoms with E-state index in [4.69, 9.17) is 28.6 Å². The van der Waals surface area contributed by atoms with Gasteiger partial charge >= 0.3 is 0 Å². The highest BCUT2D eigenvalue weighted by Gasteiger charge is 2.18. The Labute approximate surface area is 147 Å². The fourth-order valence-corrected chi connectivity index (χ4v) is 2.42. The summed E-state index contributed by atoms with van der Waals surface area (Å²) in [6.45, 7) is 9.36. The summed E-state index contributed by atoms with van der Waals surface area (Å²) in [6, 6.07) is 2.69. The molecule has 0 bridgehead atoms. The van der Waals surface area contributed by atoms with Crippen LogP contribution >= 0.6 is 23.8 Å². The monoisotopic (exact) mass is 359 g/mol. The average molecular weight is 360 g/mol. The maximum absolute atomic E-state index is 14.0. The van der Waals surface area contributed by atoms with Crippen molar-refractivity contribution in [2.24, 2.45) is 5.92 Å². The number of hydrogen-bond donors (Lipinski definition) is 1. The van der Waals surface area contributed by atoms with Crippen LogP contribution in [0.4, 0.5) is 10.1 Å². The minimum absolute atomic E-state index is 0.105. The van der Waals surface area contributed by atoms with Crippen LogP contribution in [0.1, 0.15) is 46.6 Å². The molecule has 0 fully saturated rings. The maximum atomic E-state index is 14.0. The lowest BCUT2D eigenvalue weighted by molar-refractivity contribution is -0.119. The smallest absolute Gasteiger partial charge is 0.227 e. The molecular weight excluding hydrogens is 337 g/mol. The number of halogens is 2. The molecule has 1 rings (SSSR count). The number of anilines is 1. The Morgan fingerprint density at radius 3 is 2.57 bits per heavy atom. The molecule has 0 aliphatic rings. The van der Waals surface area contributed by atoms with Crippen LogP contribution < -0.4 is 5.32 Å². The van der Waals surface area contributed by atoms with E-state index in [2.05, 4.69) is 5.32 Å². The Bertz CT molecular complexity index is 599. The zero-order valence-electron chi connectivity index (χ0n) is 14.1. The average Bonchev–Trinajstić information content (AvgIpc) is 2.40. The summed E-state index contributed by atoms with van der Waals surface area (Å²) in [5.74, 6) is -0.995. The molecule has 0 saturated heterocycles. The second kappa shape index (κ2) is 8.06. The van der Waals surface area contributed by atoms with E-state index in [0.717, 1.165) is 0 Å². The van der Waals surface area contributed by atoms with Gasteiger partial charge in [0.2, 0.25) is 5.91 Å². The first kappa shape index (κ1) is 19.8. The number of thiocarbonyl (C=S) groups is 1. The number of benzene rings is 1. The largest absolute Gasteiger partial charge is 0.481 e. The van der Waals surface area contributed by atoms with Gasteiger partial charge in [-0.15, -0.1) is 0 Å². The van der Waals surface area contributed by atoms with Gasteiger partial charge in [-0.25, -0.2) is 4.39 Å². The van der Waals surface area contributed by atoms with Gasteiger partial charge in [0.05, 0.1) is 5.69 Å². The van der Waals surface area contributed by atoms with E-state index < -0.39 is 11.4 Å². The lowest BCUT2D eigenvalue weighted by Crippen LogP contribution is -2.24. The summed E-state index contributed by atoms with van der Waals surface area (Å²) in [5.41, 5.74) is 0.312. The Hall–Kier alpha value is -1.20. The van der Waals surface area contributed by atoms with Crippen molar-refractivity contribution in [3.8, 4) is 0 Å². The number of amides is 1. The standard InChI is InChI=1S/C17H23ClFNO2S/c1-6-10(2)16(21)20-14-7-11(12(18)9-13(14)19)8-15(23)22-17(3,4)5/h7,9-10H,6,8H2,1-5H3,(H,20,21). The highest BCUT2D eigenvalue weighted by Crippen LogP contribution is 2.26. The summed E-state index contributed by atoms with van der Waals surface area (Å²) >= 11 is 11.3. The van der Waals surface area contributed by atoms with Crippen molar-refractivity contribution in [3.05, 3.63) is 28.5 Å². The van der Waals surface area contributed by atoms with Gasteiger partial charge < -0.3 is 10.1 Å². The minimum atomic E-state index is -0.571. The molecule has 1 aromatic rings. The Balaban J connectivity index is 2.96. The lowest BCUT2D eigenvalue weighted by atomic mass is 10.1. The van der Waals surface area contributed by atoms with Crippen molar-refractivity contribution in [1.82, 2.24) is 0 Å². The second-order valence-electron chi connectivity index (χ2n) is 6.49.